The fourth-order valence-electron chi connectivity index (χ4n) is 3.61. The number of rotatable bonds is 3. The zero-order valence-corrected chi connectivity index (χ0v) is 12.3. The van der Waals surface area contributed by atoms with Crippen LogP contribution in [0.3, 0.4) is 0 Å². The van der Waals surface area contributed by atoms with Gasteiger partial charge in [0.15, 0.2) is 0 Å². The number of aryl methyl sites for hydroxylation is 1. The smallest absolute Gasteiger partial charge is 0.115 e. The van der Waals surface area contributed by atoms with Gasteiger partial charge in [0.1, 0.15) is 5.75 Å². The molecule has 0 saturated heterocycles. The van der Waals surface area contributed by atoms with Crippen LogP contribution in [0.2, 0.25) is 0 Å². The minimum absolute atomic E-state index is 0.152. The van der Waals surface area contributed by atoms with E-state index >= 15 is 0 Å². The molecule has 0 aromatic heterocycles. The Morgan fingerprint density at radius 1 is 0.950 bits per heavy atom. The molecule has 1 saturated carbocycles. The van der Waals surface area contributed by atoms with Crippen molar-refractivity contribution in [3.63, 3.8) is 0 Å². The Morgan fingerprint density at radius 3 is 1.90 bits per heavy atom. The van der Waals surface area contributed by atoms with Crippen molar-refractivity contribution in [3.8, 4) is 5.75 Å². The lowest BCUT2D eigenvalue weighted by Gasteiger charge is -2.48. The molecule has 0 radical (unpaired) electrons. The molecule has 0 atom stereocenters. The second-order valence-corrected chi connectivity index (χ2v) is 6.19. The third-order valence-electron chi connectivity index (χ3n) is 4.73. The van der Waals surface area contributed by atoms with E-state index in [9.17, 15) is 5.11 Å². The first-order valence-corrected chi connectivity index (χ1v) is 7.53. The quantitative estimate of drug-likeness (QED) is 0.856. The standard InChI is InChI=1S/C19H22O/c1-3-15-4-6-16(7-5-15)19(12-14(2)13-19)17-8-10-18(20)11-9-17/h4-11,14,20H,3,12-13H2,1-2H3. The second-order valence-electron chi connectivity index (χ2n) is 6.19. The van der Waals surface area contributed by atoms with E-state index in [1.165, 1.54) is 29.5 Å². The zero-order valence-electron chi connectivity index (χ0n) is 12.3. The van der Waals surface area contributed by atoms with E-state index in [0.29, 0.717) is 5.75 Å². The van der Waals surface area contributed by atoms with Crippen LogP contribution in [-0.4, -0.2) is 5.11 Å². The Labute approximate surface area is 121 Å². The van der Waals surface area contributed by atoms with E-state index in [1.807, 2.05) is 0 Å². The van der Waals surface area contributed by atoms with Gasteiger partial charge in [-0.15, -0.1) is 0 Å². The predicted molar refractivity (Wildman–Crippen MR) is 83.1 cm³/mol. The molecule has 1 heteroatoms. The molecule has 1 aliphatic rings. The third kappa shape index (κ3) is 2.11. The van der Waals surface area contributed by atoms with Crippen molar-refractivity contribution >= 4 is 0 Å². The van der Waals surface area contributed by atoms with Crippen molar-refractivity contribution in [1.82, 2.24) is 0 Å². The van der Waals surface area contributed by atoms with Gasteiger partial charge in [0, 0.05) is 5.41 Å². The SMILES string of the molecule is CCc1ccc(C2(c3ccc(O)cc3)CC(C)C2)cc1. The van der Waals surface area contributed by atoms with Gasteiger partial charge in [0.2, 0.25) is 0 Å². The average molecular weight is 266 g/mol. The fraction of sp³-hybridized carbons (Fsp3) is 0.368. The number of phenols is 1. The largest absolute Gasteiger partial charge is 0.508 e. The summed E-state index contributed by atoms with van der Waals surface area (Å²) in [5.41, 5.74) is 4.29. The molecular weight excluding hydrogens is 244 g/mol. The Bertz CT molecular complexity index is 574. The monoisotopic (exact) mass is 266 g/mol. The van der Waals surface area contributed by atoms with Crippen LogP contribution in [-0.2, 0) is 11.8 Å². The van der Waals surface area contributed by atoms with Crippen molar-refractivity contribution < 1.29 is 5.11 Å². The van der Waals surface area contributed by atoms with Crippen LogP contribution in [0.15, 0.2) is 48.5 Å². The van der Waals surface area contributed by atoms with Gasteiger partial charge in [-0.05, 0) is 54.0 Å². The molecule has 0 heterocycles. The Balaban J connectivity index is 2.01. The molecule has 1 fully saturated rings. The van der Waals surface area contributed by atoms with Gasteiger partial charge in [-0.1, -0.05) is 50.2 Å². The molecule has 0 spiro atoms. The Hall–Kier alpha value is -1.76. The first kappa shape index (κ1) is 13.2. The maximum Gasteiger partial charge on any atom is 0.115 e. The topological polar surface area (TPSA) is 20.2 Å². The lowest BCUT2D eigenvalue weighted by Crippen LogP contribution is -2.41. The average Bonchev–Trinajstić information content (AvgIpc) is 2.45. The van der Waals surface area contributed by atoms with Gasteiger partial charge >= 0.3 is 0 Å². The molecule has 0 aliphatic heterocycles. The van der Waals surface area contributed by atoms with E-state index in [0.717, 1.165) is 12.3 Å². The lowest BCUT2D eigenvalue weighted by atomic mass is 9.56. The van der Waals surface area contributed by atoms with Crippen LogP contribution < -0.4 is 0 Å². The van der Waals surface area contributed by atoms with E-state index in [1.54, 1.807) is 12.1 Å². The van der Waals surface area contributed by atoms with Gasteiger partial charge in [0.25, 0.3) is 0 Å². The molecule has 104 valence electrons. The number of hydrogen-bond acceptors (Lipinski definition) is 1. The molecule has 0 bridgehead atoms. The van der Waals surface area contributed by atoms with Gasteiger partial charge in [-0.3, -0.25) is 0 Å². The molecule has 2 aromatic rings. The predicted octanol–water partition coefficient (Wildman–Crippen LogP) is 4.67. The number of aromatic hydroxyl groups is 1. The van der Waals surface area contributed by atoms with Gasteiger partial charge in [0.05, 0.1) is 0 Å². The van der Waals surface area contributed by atoms with Crippen LogP contribution in [0.1, 0.15) is 43.4 Å². The molecule has 0 amide bonds. The zero-order chi connectivity index (χ0) is 14.2. The molecule has 20 heavy (non-hydrogen) atoms. The maximum absolute atomic E-state index is 9.50. The van der Waals surface area contributed by atoms with Gasteiger partial charge < -0.3 is 5.11 Å². The van der Waals surface area contributed by atoms with Crippen molar-refractivity contribution in [2.45, 2.75) is 38.5 Å². The van der Waals surface area contributed by atoms with Crippen LogP contribution >= 0.6 is 0 Å². The number of phenolic OH excluding ortho intramolecular Hbond substituents is 1. The van der Waals surface area contributed by atoms with E-state index in [2.05, 4.69) is 50.2 Å². The van der Waals surface area contributed by atoms with E-state index in [-0.39, 0.29) is 5.41 Å². The Kier molecular flexibility index (Phi) is 3.29. The van der Waals surface area contributed by atoms with Gasteiger partial charge in [-0.25, -0.2) is 0 Å². The normalized spacial score (nSPS) is 25.2. The summed E-state index contributed by atoms with van der Waals surface area (Å²) in [6.45, 7) is 4.51. The molecule has 2 aromatic carbocycles. The maximum atomic E-state index is 9.50. The second kappa shape index (κ2) is 4.97. The van der Waals surface area contributed by atoms with Crippen molar-refractivity contribution in [3.05, 3.63) is 65.2 Å². The minimum Gasteiger partial charge on any atom is -0.508 e. The van der Waals surface area contributed by atoms with Crippen LogP contribution in [0.25, 0.3) is 0 Å². The lowest BCUT2D eigenvalue weighted by molar-refractivity contribution is 0.200. The molecule has 1 nitrogen and oxygen atoms in total. The summed E-state index contributed by atoms with van der Waals surface area (Å²) in [7, 11) is 0. The first-order chi connectivity index (χ1) is 9.64. The molecule has 0 unspecified atom stereocenters. The van der Waals surface area contributed by atoms with E-state index in [4.69, 9.17) is 0 Å². The molecule has 3 rings (SSSR count). The van der Waals surface area contributed by atoms with Crippen molar-refractivity contribution in [2.75, 3.05) is 0 Å². The summed E-state index contributed by atoms with van der Waals surface area (Å²) < 4.78 is 0. The highest BCUT2D eigenvalue weighted by molar-refractivity contribution is 5.44. The summed E-state index contributed by atoms with van der Waals surface area (Å²) in [5, 5.41) is 9.50. The summed E-state index contributed by atoms with van der Waals surface area (Å²) >= 11 is 0. The highest BCUT2D eigenvalue weighted by atomic mass is 16.3. The number of benzene rings is 2. The van der Waals surface area contributed by atoms with Crippen molar-refractivity contribution in [2.24, 2.45) is 5.92 Å². The highest BCUT2D eigenvalue weighted by Gasteiger charge is 2.44. The van der Waals surface area contributed by atoms with Crippen LogP contribution in [0.5, 0.6) is 5.75 Å². The molecule has 1 aliphatic carbocycles. The highest BCUT2D eigenvalue weighted by Crippen LogP contribution is 2.52. The van der Waals surface area contributed by atoms with E-state index < -0.39 is 0 Å². The summed E-state index contributed by atoms with van der Waals surface area (Å²) in [6.07, 6.45) is 3.48. The van der Waals surface area contributed by atoms with Crippen LogP contribution in [0.4, 0.5) is 0 Å². The summed E-state index contributed by atoms with van der Waals surface area (Å²) in [6, 6.07) is 16.8. The van der Waals surface area contributed by atoms with Gasteiger partial charge in [-0.2, -0.15) is 0 Å². The van der Waals surface area contributed by atoms with Crippen molar-refractivity contribution in [1.29, 1.82) is 0 Å². The minimum atomic E-state index is 0.152. The number of hydrogen-bond donors (Lipinski definition) is 1. The Morgan fingerprint density at radius 2 is 1.45 bits per heavy atom. The third-order valence-corrected chi connectivity index (χ3v) is 4.73. The van der Waals surface area contributed by atoms with Crippen LogP contribution in [0, 0.1) is 5.92 Å². The molecule has 1 N–H and O–H groups in total. The fourth-order valence-corrected chi connectivity index (χ4v) is 3.61. The summed E-state index contributed by atoms with van der Waals surface area (Å²) in [4.78, 5) is 0. The first-order valence-electron chi connectivity index (χ1n) is 7.53. The molecular formula is C19H22O. The summed E-state index contributed by atoms with van der Waals surface area (Å²) in [5.74, 6) is 1.12.